The van der Waals surface area contributed by atoms with Gasteiger partial charge in [0.05, 0.1) is 11.4 Å². The Labute approximate surface area is 128 Å². The molecule has 17 heavy (non-hydrogen) atoms. The van der Waals surface area contributed by atoms with E-state index in [1.807, 2.05) is 24.5 Å². The van der Waals surface area contributed by atoms with E-state index in [9.17, 15) is 0 Å². The zero-order valence-electron chi connectivity index (χ0n) is 8.94. The monoisotopic (exact) mass is 420 g/mol. The van der Waals surface area contributed by atoms with Crippen LogP contribution in [0.5, 0.6) is 0 Å². The highest BCUT2D eigenvalue weighted by molar-refractivity contribution is 9.08. The molecule has 0 aliphatic carbocycles. The second kappa shape index (κ2) is 7.24. The van der Waals surface area contributed by atoms with Gasteiger partial charge in [-0.05, 0) is 35.4 Å². The van der Waals surface area contributed by atoms with E-state index < -0.39 is 0 Å². The number of nitrogens with zero attached hydrogens (tertiary/aromatic N) is 2. The predicted molar refractivity (Wildman–Crippen MR) is 83.1 cm³/mol. The van der Waals surface area contributed by atoms with Gasteiger partial charge in [0.25, 0.3) is 0 Å². The molecule has 0 aliphatic heterocycles. The van der Waals surface area contributed by atoms with Crippen LogP contribution in [0.15, 0.2) is 36.7 Å². The molecule has 2 rings (SSSR count). The van der Waals surface area contributed by atoms with Gasteiger partial charge in [-0.25, -0.2) is 0 Å². The van der Waals surface area contributed by atoms with Crippen LogP contribution in [0.25, 0.3) is 11.4 Å². The molecule has 0 aromatic carbocycles. The first kappa shape index (κ1) is 14.8. The number of rotatable bonds is 3. The number of aromatic nitrogens is 2. The maximum Gasteiger partial charge on any atom is 0.0889 e. The molecule has 0 fully saturated rings. The van der Waals surface area contributed by atoms with Gasteiger partial charge in [0.15, 0.2) is 0 Å². The van der Waals surface area contributed by atoms with E-state index in [0.29, 0.717) is 0 Å². The molecule has 0 amide bonds. The van der Waals surface area contributed by atoms with E-state index in [0.717, 1.165) is 22.0 Å². The van der Waals surface area contributed by atoms with Gasteiger partial charge >= 0.3 is 0 Å². The summed E-state index contributed by atoms with van der Waals surface area (Å²) in [4.78, 5) is 8.67. The molecule has 0 N–H and O–H groups in total. The molecule has 2 aromatic rings. The van der Waals surface area contributed by atoms with Crippen LogP contribution in [-0.4, -0.2) is 9.97 Å². The molecule has 0 aliphatic rings. The van der Waals surface area contributed by atoms with Gasteiger partial charge in [0, 0.05) is 23.1 Å². The molecule has 0 atom stereocenters. The maximum atomic E-state index is 4.33. The minimum Gasteiger partial charge on any atom is -0.255 e. The normalized spacial score (nSPS) is 9.76. The highest BCUT2D eigenvalue weighted by Gasteiger charge is 2.02. The molecule has 0 saturated heterocycles. The van der Waals surface area contributed by atoms with Crippen LogP contribution in [0, 0.1) is 0 Å². The van der Waals surface area contributed by atoms with Crippen molar-refractivity contribution in [3.8, 4) is 11.4 Å². The SMILES string of the molecule is Br.BrCc1ccnc(-c2cc(CBr)ccn2)c1. The molecule has 2 aromatic heterocycles. The summed E-state index contributed by atoms with van der Waals surface area (Å²) in [7, 11) is 0. The van der Waals surface area contributed by atoms with Crippen molar-refractivity contribution in [3.63, 3.8) is 0 Å². The lowest BCUT2D eigenvalue weighted by Gasteiger charge is -2.03. The largest absolute Gasteiger partial charge is 0.255 e. The maximum absolute atomic E-state index is 4.33. The zero-order valence-corrected chi connectivity index (χ0v) is 13.8. The number of alkyl halides is 2. The van der Waals surface area contributed by atoms with Crippen molar-refractivity contribution in [2.24, 2.45) is 0 Å². The third kappa shape index (κ3) is 3.86. The summed E-state index contributed by atoms with van der Waals surface area (Å²) in [6.07, 6.45) is 3.63. The number of hydrogen-bond donors (Lipinski definition) is 0. The van der Waals surface area contributed by atoms with Gasteiger partial charge in [0.1, 0.15) is 0 Å². The van der Waals surface area contributed by atoms with Crippen LogP contribution >= 0.6 is 48.8 Å². The molecule has 90 valence electrons. The van der Waals surface area contributed by atoms with E-state index in [2.05, 4.69) is 54.0 Å². The Morgan fingerprint density at radius 3 is 1.59 bits per heavy atom. The van der Waals surface area contributed by atoms with Crippen molar-refractivity contribution in [2.75, 3.05) is 0 Å². The first-order valence-corrected chi connectivity index (χ1v) is 7.10. The van der Waals surface area contributed by atoms with Crippen LogP contribution in [-0.2, 0) is 10.7 Å². The Kier molecular flexibility index (Phi) is 6.30. The molecule has 0 bridgehead atoms. The Morgan fingerprint density at radius 2 is 1.24 bits per heavy atom. The fraction of sp³-hybridized carbons (Fsp3) is 0.167. The number of halogens is 3. The van der Waals surface area contributed by atoms with Crippen molar-refractivity contribution in [3.05, 3.63) is 47.8 Å². The molecule has 5 heteroatoms. The minimum absolute atomic E-state index is 0. The van der Waals surface area contributed by atoms with E-state index in [1.165, 1.54) is 11.1 Å². The molecule has 0 unspecified atom stereocenters. The van der Waals surface area contributed by atoms with Crippen molar-refractivity contribution >= 4 is 48.8 Å². The van der Waals surface area contributed by atoms with Crippen LogP contribution < -0.4 is 0 Å². The van der Waals surface area contributed by atoms with Gasteiger partial charge in [-0.2, -0.15) is 0 Å². The van der Waals surface area contributed by atoms with E-state index in [-0.39, 0.29) is 17.0 Å². The molecule has 0 radical (unpaired) electrons. The fourth-order valence-electron chi connectivity index (χ4n) is 1.39. The number of hydrogen-bond acceptors (Lipinski definition) is 2. The average Bonchev–Trinajstić information content (AvgIpc) is 2.39. The second-order valence-electron chi connectivity index (χ2n) is 3.37. The van der Waals surface area contributed by atoms with Gasteiger partial charge in [-0.15, -0.1) is 17.0 Å². The highest BCUT2D eigenvalue weighted by atomic mass is 79.9. The predicted octanol–water partition coefficient (Wildman–Crippen LogP) is 4.51. The lowest BCUT2D eigenvalue weighted by atomic mass is 10.1. The van der Waals surface area contributed by atoms with Crippen LogP contribution in [0.3, 0.4) is 0 Å². The molecular formula is C12H11Br3N2. The van der Waals surface area contributed by atoms with Crippen LogP contribution in [0.2, 0.25) is 0 Å². The molecular weight excluding hydrogens is 412 g/mol. The summed E-state index contributed by atoms with van der Waals surface area (Å²) in [5, 5.41) is 1.67. The Morgan fingerprint density at radius 1 is 0.824 bits per heavy atom. The second-order valence-corrected chi connectivity index (χ2v) is 4.49. The van der Waals surface area contributed by atoms with E-state index in [1.54, 1.807) is 0 Å². The zero-order chi connectivity index (χ0) is 11.4. The minimum atomic E-state index is 0. The van der Waals surface area contributed by atoms with Crippen molar-refractivity contribution in [1.29, 1.82) is 0 Å². The smallest absolute Gasteiger partial charge is 0.0889 e. The third-order valence-corrected chi connectivity index (χ3v) is 3.51. The van der Waals surface area contributed by atoms with Gasteiger partial charge < -0.3 is 0 Å². The third-order valence-electron chi connectivity index (χ3n) is 2.22. The lowest BCUT2D eigenvalue weighted by molar-refractivity contribution is 1.21. The van der Waals surface area contributed by atoms with Crippen LogP contribution in [0.4, 0.5) is 0 Å². The van der Waals surface area contributed by atoms with Gasteiger partial charge in [0.2, 0.25) is 0 Å². The summed E-state index contributed by atoms with van der Waals surface area (Å²) >= 11 is 6.87. The Balaban J connectivity index is 0.00000144. The van der Waals surface area contributed by atoms with Gasteiger partial charge in [-0.1, -0.05) is 31.9 Å². The molecule has 2 nitrogen and oxygen atoms in total. The lowest BCUT2D eigenvalue weighted by Crippen LogP contribution is -1.90. The average molecular weight is 423 g/mol. The summed E-state index contributed by atoms with van der Waals surface area (Å²) in [5.74, 6) is 0. The molecule has 0 saturated carbocycles. The standard InChI is InChI=1S/C12H10Br2N2.BrH/c13-7-9-1-3-15-11(5-9)12-6-10(8-14)2-4-16-12;/h1-6H,7-8H2;1H. The first-order chi connectivity index (χ1) is 7.83. The van der Waals surface area contributed by atoms with Crippen molar-refractivity contribution in [2.45, 2.75) is 10.7 Å². The summed E-state index contributed by atoms with van der Waals surface area (Å²) < 4.78 is 0. The quantitative estimate of drug-likeness (QED) is 0.680. The summed E-state index contributed by atoms with van der Waals surface area (Å²) in [6, 6.07) is 8.09. The van der Waals surface area contributed by atoms with Crippen molar-refractivity contribution < 1.29 is 0 Å². The number of pyridine rings is 2. The highest BCUT2D eigenvalue weighted by Crippen LogP contribution is 2.18. The van der Waals surface area contributed by atoms with Crippen molar-refractivity contribution in [1.82, 2.24) is 9.97 Å². The van der Waals surface area contributed by atoms with E-state index >= 15 is 0 Å². The Bertz CT molecular complexity index is 443. The molecule has 2 heterocycles. The van der Waals surface area contributed by atoms with Crippen LogP contribution in [0.1, 0.15) is 11.1 Å². The topological polar surface area (TPSA) is 25.8 Å². The summed E-state index contributed by atoms with van der Waals surface area (Å²) in [5.41, 5.74) is 4.24. The van der Waals surface area contributed by atoms with E-state index in [4.69, 9.17) is 0 Å². The fourth-order valence-corrected chi connectivity index (χ4v) is 2.09. The van der Waals surface area contributed by atoms with Gasteiger partial charge in [-0.3, -0.25) is 9.97 Å². The Hall–Kier alpha value is -0.260. The first-order valence-electron chi connectivity index (χ1n) is 4.85. The molecule has 0 spiro atoms. The summed E-state index contributed by atoms with van der Waals surface area (Å²) in [6.45, 7) is 0.